The number of nitrogens with zero attached hydrogens (tertiary/aromatic N) is 2. The molecule has 1 heterocycles. The normalized spacial score (nSPS) is 29.3. The van der Waals surface area contributed by atoms with Crippen LogP contribution in [0.15, 0.2) is 12.3 Å². The number of hydrogen-bond donors (Lipinski definition) is 2. The summed E-state index contributed by atoms with van der Waals surface area (Å²) in [6.07, 6.45) is 4.49. The van der Waals surface area contributed by atoms with Gasteiger partial charge in [-0.1, -0.05) is 13.3 Å². The van der Waals surface area contributed by atoms with Gasteiger partial charge >= 0.3 is 0 Å². The summed E-state index contributed by atoms with van der Waals surface area (Å²) in [6.45, 7) is 4.01. The number of nitrogens with one attached hydrogen (secondary N) is 1. The smallest absolute Gasteiger partial charge is 0.129 e. The second-order valence-electron chi connectivity index (χ2n) is 4.54. The van der Waals surface area contributed by atoms with Gasteiger partial charge in [0.25, 0.3) is 0 Å². The molecule has 1 fully saturated rings. The number of hydrogen-bond acceptors (Lipinski definition) is 4. The fraction of sp³-hybridized carbons (Fsp3) is 0.667. The van der Waals surface area contributed by atoms with Crippen molar-refractivity contribution in [1.82, 2.24) is 9.97 Å². The number of aromatic nitrogens is 2. The average molecular weight is 221 g/mol. The van der Waals surface area contributed by atoms with E-state index in [1.807, 2.05) is 13.0 Å². The van der Waals surface area contributed by atoms with Crippen LogP contribution >= 0.6 is 0 Å². The Balaban J connectivity index is 1.96. The number of aliphatic hydroxyl groups is 1. The van der Waals surface area contributed by atoms with E-state index in [1.54, 1.807) is 6.20 Å². The van der Waals surface area contributed by atoms with Gasteiger partial charge in [0.15, 0.2) is 0 Å². The summed E-state index contributed by atoms with van der Waals surface area (Å²) in [7, 11) is 0. The van der Waals surface area contributed by atoms with Crippen molar-refractivity contribution < 1.29 is 5.11 Å². The van der Waals surface area contributed by atoms with E-state index in [-0.39, 0.29) is 6.10 Å². The average Bonchev–Trinajstić information content (AvgIpc) is 2.58. The van der Waals surface area contributed by atoms with E-state index in [9.17, 15) is 5.11 Å². The van der Waals surface area contributed by atoms with Crippen LogP contribution in [-0.4, -0.2) is 27.2 Å². The van der Waals surface area contributed by atoms with Crippen molar-refractivity contribution in [2.24, 2.45) is 5.92 Å². The zero-order valence-electron chi connectivity index (χ0n) is 9.85. The molecule has 0 radical (unpaired) electrons. The van der Waals surface area contributed by atoms with Crippen LogP contribution in [0.2, 0.25) is 0 Å². The van der Waals surface area contributed by atoms with Crippen LogP contribution in [0.25, 0.3) is 0 Å². The molecule has 1 aliphatic carbocycles. The molecule has 4 nitrogen and oxygen atoms in total. The van der Waals surface area contributed by atoms with Crippen LogP contribution in [0.3, 0.4) is 0 Å². The Kier molecular flexibility index (Phi) is 3.39. The molecule has 0 unspecified atom stereocenters. The summed E-state index contributed by atoms with van der Waals surface area (Å²) in [5, 5.41) is 13.2. The molecule has 0 bridgehead atoms. The summed E-state index contributed by atoms with van der Waals surface area (Å²) >= 11 is 0. The van der Waals surface area contributed by atoms with Gasteiger partial charge in [0, 0.05) is 12.2 Å². The first-order valence-electron chi connectivity index (χ1n) is 5.93. The molecule has 0 amide bonds. The van der Waals surface area contributed by atoms with Gasteiger partial charge in [-0.25, -0.2) is 9.97 Å². The Morgan fingerprint density at radius 1 is 1.50 bits per heavy atom. The molecule has 88 valence electrons. The molecule has 3 atom stereocenters. The van der Waals surface area contributed by atoms with Crippen molar-refractivity contribution in [1.29, 1.82) is 0 Å². The standard InChI is InChI=1S/C12H19N3O/c1-3-9-6-10(7-11(9)16)15-12-4-5-13-8(2)14-12/h4-5,9-11,16H,3,6-7H2,1-2H3,(H,13,14,15)/t9-,10+,11-/m0/s1. The monoisotopic (exact) mass is 221 g/mol. The van der Waals surface area contributed by atoms with Gasteiger partial charge in [0.05, 0.1) is 6.10 Å². The maximum Gasteiger partial charge on any atom is 0.129 e. The third-order valence-electron chi connectivity index (χ3n) is 3.31. The van der Waals surface area contributed by atoms with E-state index < -0.39 is 0 Å². The van der Waals surface area contributed by atoms with Crippen molar-refractivity contribution in [3.8, 4) is 0 Å². The van der Waals surface area contributed by atoms with Gasteiger partial charge in [-0.2, -0.15) is 0 Å². The molecule has 0 aliphatic heterocycles. The molecule has 0 aromatic carbocycles. The highest BCUT2D eigenvalue weighted by Crippen LogP contribution is 2.30. The highest BCUT2D eigenvalue weighted by molar-refractivity contribution is 5.34. The fourth-order valence-electron chi connectivity index (χ4n) is 2.41. The molecule has 1 aromatic rings. The van der Waals surface area contributed by atoms with E-state index >= 15 is 0 Å². The minimum atomic E-state index is -0.162. The van der Waals surface area contributed by atoms with Crippen molar-refractivity contribution in [3.05, 3.63) is 18.1 Å². The van der Waals surface area contributed by atoms with Gasteiger partial charge in [-0.05, 0) is 31.7 Å². The predicted octanol–water partition coefficient (Wildman–Crippen LogP) is 1.75. The van der Waals surface area contributed by atoms with Gasteiger partial charge < -0.3 is 10.4 Å². The summed E-state index contributed by atoms with van der Waals surface area (Å²) in [6, 6.07) is 2.22. The van der Waals surface area contributed by atoms with E-state index in [1.165, 1.54) is 0 Å². The maximum atomic E-state index is 9.82. The lowest BCUT2D eigenvalue weighted by molar-refractivity contribution is 0.130. The third kappa shape index (κ3) is 2.50. The number of anilines is 1. The minimum Gasteiger partial charge on any atom is -0.393 e. The lowest BCUT2D eigenvalue weighted by Gasteiger charge is -2.13. The first kappa shape index (κ1) is 11.3. The molecular formula is C12H19N3O. The minimum absolute atomic E-state index is 0.162. The van der Waals surface area contributed by atoms with Gasteiger partial charge in [-0.15, -0.1) is 0 Å². The van der Waals surface area contributed by atoms with Crippen LogP contribution in [0.1, 0.15) is 32.0 Å². The van der Waals surface area contributed by atoms with E-state index in [0.29, 0.717) is 12.0 Å². The first-order valence-corrected chi connectivity index (χ1v) is 5.93. The molecule has 1 aliphatic rings. The summed E-state index contributed by atoms with van der Waals surface area (Å²) in [5.41, 5.74) is 0. The molecule has 2 rings (SSSR count). The van der Waals surface area contributed by atoms with Crippen LogP contribution in [0.5, 0.6) is 0 Å². The molecule has 4 heteroatoms. The highest BCUT2D eigenvalue weighted by atomic mass is 16.3. The molecule has 1 saturated carbocycles. The van der Waals surface area contributed by atoms with Crippen molar-refractivity contribution in [2.45, 2.75) is 45.3 Å². The van der Waals surface area contributed by atoms with Crippen LogP contribution in [0.4, 0.5) is 5.82 Å². The zero-order chi connectivity index (χ0) is 11.5. The summed E-state index contributed by atoms with van der Waals surface area (Å²) in [4.78, 5) is 8.37. The van der Waals surface area contributed by atoms with Crippen molar-refractivity contribution in [3.63, 3.8) is 0 Å². The Bertz CT molecular complexity index is 356. The van der Waals surface area contributed by atoms with Crippen molar-refractivity contribution >= 4 is 5.82 Å². The SMILES string of the molecule is CC[C@H]1C[C@@H](Nc2ccnc(C)n2)C[C@@H]1O. The number of aryl methyl sites for hydroxylation is 1. The summed E-state index contributed by atoms with van der Waals surface area (Å²) < 4.78 is 0. The topological polar surface area (TPSA) is 58.0 Å². The lowest BCUT2D eigenvalue weighted by atomic mass is 10.0. The van der Waals surface area contributed by atoms with Gasteiger partial charge in [0.2, 0.25) is 0 Å². The molecule has 1 aromatic heterocycles. The fourth-order valence-corrected chi connectivity index (χ4v) is 2.41. The Labute approximate surface area is 96.1 Å². The van der Waals surface area contributed by atoms with E-state index in [4.69, 9.17) is 0 Å². The molecule has 0 saturated heterocycles. The van der Waals surface area contributed by atoms with E-state index in [0.717, 1.165) is 30.9 Å². The highest BCUT2D eigenvalue weighted by Gasteiger charge is 2.31. The zero-order valence-corrected chi connectivity index (χ0v) is 9.85. The number of rotatable bonds is 3. The predicted molar refractivity (Wildman–Crippen MR) is 63.2 cm³/mol. The maximum absolute atomic E-state index is 9.82. The quantitative estimate of drug-likeness (QED) is 0.816. The van der Waals surface area contributed by atoms with Crippen LogP contribution in [-0.2, 0) is 0 Å². The van der Waals surface area contributed by atoms with Crippen molar-refractivity contribution in [2.75, 3.05) is 5.32 Å². The largest absolute Gasteiger partial charge is 0.393 e. The molecular weight excluding hydrogens is 202 g/mol. The molecule has 16 heavy (non-hydrogen) atoms. The first-order chi connectivity index (χ1) is 7.69. The third-order valence-corrected chi connectivity index (χ3v) is 3.31. The lowest BCUT2D eigenvalue weighted by Crippen LogP contribution is -2.17. The van der Waals surface area contributed by atoms with Gasteiger partial charge in [0.1, 0.15) is 11.6 Å². The van der Waals surface area contributed by atoms with Crippen LogP contribution < -0.4 is 5.32 Å². The molecule has 0 spiro atoms. The Morgan fingerprint density at radius 2 is 2.31 bits per heavy atom. The number of aliphatic hydroxyl groups excluding tert-OH is 1. The molecule has 2 N–H and O–H groups in total. The van der Waals surface area contributed by atoms with E-state index in [2.05, 4.69) is 22.2 Å². The summed E-state index contributed by atoms with van der Waals surface area (Å²) in [5.74, 6) is 2.07. The second kappa shape index (κ2) is 4.78. The van der Waals surface area contributed by atoms with Crippen LogP contribution in [0, 0.1) is 12.8 Å². The Morgan fingerprint density at radius 3 is 2.94 bits per heavy atom. The second-order valence-corrected chi connectivity index (χ2v) is 4.54. The Hall–Kier alpha value is -1.16. The van der Waals surface area contributed by atoms with Gasteiger partial charge in [-0.3, -0.25) is 0 Å².